The monoisotopic (exact) mass is 462 g/mol. The predicted octanol–water partition coefficient (Wildman–Crippen LogP) is 2.66. The van der Waals surface area contributed by atoms with E-state index in [-0.39, 0.29) is 23.0 Å². The van der Waals surface area contributed by atoms with Crippen molar-refractivity contribution in [2.45, 2.75) is 36.8 Å². The summed E-state index contributed by atoms with van der Waals surface area (Å²) in [6, 6.07) is 14.5. The molecular formula is C26H34N6O2. The van der Waals surface area contributed by atoms with Gasteiger partial charge in [0.2, 0.25) is 5.91 Å². The molecule has 3 fully saturated rings. The minimum atomic E-state index is -0.214. The first kappa shape index (κ1) is 22.7. The van der Waals surface area contributed by atoms with Crippen LogP contribution in [0.2, 0.25) is 0 Å². The maximum absolute atomic E-state index is 13.0. The average Bonchev–Trinajstić information content (AvgIpc) is 3.17. The molecule has 0 bridgehead atoms. The first-order valence-electron chi connectivity index (χ1n) is 12.1. The first-order valence-corrected chi connectivity index (χ1v) is 12.1. The Kier molecular flexibility index (Phi) is 5.72. The smallest absolute Gasteiger partial charge is 0.322 e. The van der Waals surface area contributed by atoms with Crippen LogP contribution in [0.5, 0.6) is 0 Å². The molecule has 1 N–H and O–H groups in total. The fraction of sp³-hybridized carbons (Fsp3) is 0.500. The van der Waals surface area contributed by atoms with Crippen LogP contribution in [-0.4, -0.2) is 79.6 Å². The normalized spacial score (nSPS) is 27.6. The van der Waals surface area contributed by atoms with Crippen molar-refractivity contribution in [3.8, 4) is 0 Å². The summed E-state index contributed by atoms with van der Waals surface area (Å²) in [6.45, 7) is 2.44. The summed E-state index contributed by atoms with van der Waals surface area (Å²) in [6.07, 6.45) is 5.60. The topological polar surface area (TPSA) is 72.0 Å². The van der Waals surface area contributed by atoms with Crippen LogP contribution in [0.1, 0.15) is 31.2 Å². The number of rotatable bonds is 4. The Morgan fingerprint density at radius 1 is 0.971 bits per heavy atom. The summed E-state index contributed by atoms with van der Waals surface area (Å²) in [4.78, 5) is 37.5. The Bertz CT molecular complexity index is 1050. The number of anilines is 2. The number of pyridine rings is 1. The molecule has 3 aliphatic rings. The summed E-state index contributed by atoms with van der Waals surface area (Å²) in [5.74, 6) is 0.871. The van der Waals surface area contributed by atoms with E-state index in [1.165, 1.54) is 5.56 Å². The molecule has 2 aromatic rings. The van der Waals surface area contributed by atoms with E-state index < -0.39 is 0 Å². The molecule has 0 radical (unpaired) electrons. The Morgan fingerprint density at radius 2 is 1.71 bits per heavy atom. The maximum atomic E-state index is 13.0. The second kappa shape index (κ2) is 8.58. The van der Waals surface area contributed by atoms with Crippen molar-refractivity contribution < 1.29 is 9.59 Å². The molecule has 1 aliphatic carbocycles. The van der Waals surface area contributed by atoms with Gasteiger partial charge in [-0.25, -0.2) is 9.78 Å². The molecule has 1 aromatic heterocycles. The van der Waals surface area contributed by atoms with Gasteiger partial charge < -0.3 is 15.1 Å². The number of hydrogen-bond donors (Lipinski definition) is 1. The standard InChI is InChI=1S/C26H34N6O2/c1-29(2)26(20-7-5-4-6-8-20)13-11-25(12-14-26)19-32(24(34)28-25)21-9-10-22(27-17-21)31-16-15-30(3)23(33)18-31/h4-10,17H,11-16,18-19H2,1-3H3,(H,28,34). The molecule has 1 aromatic carbocycles. The summed E-state index contributed by atoms with van der Waals surface area (Å²) in [5, 5.41) is 3.31. The van der Waals surface area contributed by atoms with E-state index in [2.05, 4.69) is 59.6 Å². The molecule has 0 unspecified atom stereocenters. The molecule has 3 amide bonds. The zero-order chi connectivity index (χ0) is 23.9. The lowest BCUT2D eigenvalue weighted by molar-refractivity contribution is -0.129. The van der Waals surface area contributed by atoms with E-state index in [0.29, 0.717) is 19.6 Å². The quantitative estimate of drug-likeness (QED) is 0.757. The van der Waals surface area contributed by atoms with E-state index in [1.54, 1.807) is 11.1 Å². The number of aromatic nitrogens is 1. The fourth-order valence-electron chi connectivity index (χ4n) is 5.76. The molecule has 1 spiro atoms. The lowest BCUT2D eigenvalue weighted by Gasteiger charge is -2.48. The third-order valence-electron chi connectivity index (χ3n) is 8.10. The molecule has 5 rings (SSSR count). The fourth-order valence-corrected chi connectivity index (χ4v) is 5.76. The van der Waals surface area contributed by atoms with Crippen LogP contribution in [0.3, 0.4) is 0 Å². The highest BCUT2D eigenvalue weighted by molar-refractivity contribution is 5.95. The second-order valence-electron chi connectivity index (χ2n) is 10.2. The molecule has 8 heteroatoms. The van der Waals surface area contributed by atoms with Crippen molar-refractivity contribution in [1.82, 2.24) is 20.1 Å². The number of piperazine rings is 1. The van der Waals surface area contributed by atoms with Crippen LogP contribution < -0.4 is 15.1 Å². The van der Waals surface area contributed by atoms with Gasteiger partial charge in [-0.05, 0) is 57.5 Å². The van der Waals surface area contributed by atoms with E-state index in [1.807, 2.05) is 29.0 Å². The van der Waals surface area contributed by atoms with Crippen molar-refractivity contribution in [2.24, 2.45) is 0 Å². The van der Waals surface area contributed by atoms with Crippen molar-refractivity contribution in [1.29, 1.82) is 0 Å². The van der Waals surface area contributed by atoms with Gasteiger partial charge in [-0.3, -0.25) is 14.6 Å². The van der Waals surface area contributed by atoms with E-state index in [9.17, 15) is 9.59 Å². The highest BCUT2D eigenvalue weighted by Gasteiger charge is 2.50. The van der Waals surface area contributed by atoms with Crippen LogP contribution in [-0.2, 0) is 10.3 Å². The van der Waals surface area contributed by atoms with Crippen LogP contribution in [0.25, 0.3) is 0 Å². The molecular weight excluding hydrogens is 428 g/mol. The molecule has 1 saturated carbocycles. The zero-order valence-electron chi connectivity index (χ0n) is 20.3. The van der Waals surface area contributed by atoms with E-state index in [4.69, 9.17) is 0 Å². The van der Waals surface area contributed by atoms with Gasteiger partial charge in [0.25, 0.3) is 0 Å². The second-order valence-corrected chi connectivity index (χ2v) is 10.2. The average molecular weight is 463 g/mol. The summed E-state index contributed by atoms with van der Waals surface area (Å²) in [5.41, 5.74) is 1.92. The molecule has 34 heavy (non-hydrogen) atoms. The zero-order valence-corrected chi connectivity index (χ0v) is 20.3. The third-order valence-corrected chi connectivity index (χ3v) is 8.10. The highest BCUT2D eigenvalue weighted by Crippen LogP contribution is 2.46. The number of urea groups is 1. The molecule has 180 valence electrons. The van der Waals surface area contributed by atoms with Gasteiger partial charge >= 0.3 is 6.03 Å². The van der Waals surface area contributed by atoms with Crippen molar-refractivity contribution in [2.75, 3.05) is 57.1 Å². The number of benzene rings is 1. The highest BCUT2D eigenvalue weighted by atomic mass is 16.2. The molecule has 2 aliphatic heterocycles. The van der Waals surface area contributed by atoms with Crippen molar-refractivity contribution >= 4 is 23.4 Å². The predicted molar refractivity (Wildman–Crippen MR) is 133 cm³/mol. The van der Waals surface area contributed by atoms with Gasteiger partial charge in [-0.15, -0.1) is 0 Å². The Labute approximate surface area is 201 Å². The van der Waals surface area contributed by atoms with Crippen LogP contribution in [0.15, 0.2) is 48.7 Å². The third kappa shape index (κ3) is 3.90. The summed E-state index contributed by atoms with van der Waals surface area (Å²) >= 11 is 0. The van der Waals surface area contributed by atoms with Gasteiger partial charge in [0.15, 0.2) is 0 Å². The maximum Gasteiger partial charge on any atom is 0.322 e. The summed E-state index contributed by atoms with van der Waals surface area (Å²) < 4.78 is 0. The SMILES string of the molecule is CN1CCN(c2ccc(N3CC4(CCC(c5ccccc5)(N(C)C)CC4)NC3=O)cn2)CC1=O. The van der Waals surface area contributed by atoms with Crippen LogP contribution >= 0.6 is 0 Å². The molecule has 8 nitrogen and oxygen atoms in total. The van der Waals surface area contributed by atoms with Gasteiger partial charge in [0, 0.05) is 25.7 Å². The van der Waals surface area contributed by atoms with Crippen LogP contribution in [0, 0.1) is 0 Å². The minimum absolute atomic E-state index is 0.00614. The molecule has 2 saturated heterocycles. The van der Waals surface area contributed by atoms with E-state index in [0.717, 1.165) is 43.7 Å². The number of amides is 3. The number of nitrogens with one attached hydrogen (secondary N) is 1. The van der Waals surface area contributed by atoms with Crippen LogP contribution in [0.4, 0.5) is 16.3 Å². The lowest BCUT2D eigenvalue weighted by Crippen LogP contribution is -2.54. The van der Waals surface area contributed by atoms with Gasteiger partial charge in [-0.1, -0.05) is 30.3 Å². The minimum Gasteiger partial charge on any atom is -0.346 e. The van der Waals surface area contributed by atoms with Gasteiger partial charge in [0.1, 0.15) is 5.82 Å². The van der Waals surface area contributed by atoms with Gasteiger partial charge in [-0.2, -0.15) is 0 Å². The number of likely N-dealkylation sites (N-methyl/N-ethyl adjacent to an activating group) is 1. The number of hydrogen-bond acceptors (Lipinski definition) is 5. The molecule has 0 atom stereocenters. The molecule has 3 heterocycles. The largest absolute Gasteiger partial charge is 0.346 e. The van der Waals surface area contributed by atoms with Gasteiger partial charge in [0.05, 0.1) is 30.5 Å². The number of carbonyl (C=O) groups is 2. The lowest BCUT2D eigenvalue weighted by atomic mass is 9.69. The number of nitrogens with zero attached hydrogens (tertiary/aromatic N) is 5. The summed E-state index contributed by atoms with van der Waals surface area (Å²) in [7, 11) is 6.14. The van der Waals surface area contributed by atoms with E-state index >= 15 is 0 Å². The number of carbonyl (C=O) groups excluding carboxylic acids is 2. The van der Waals surface area contributed by atoms with Crippen molar-refractivity contribution in [3.63, 3.8) is 0 Å². The Morgan fingerprint density at radius 3 is 2.32 bits per heavy atom. The first-order chi connectivity index (χ1) is 16.3. The Balaban J connectivity index is 1.28. The van der Waals surface area contributed by atoms with Crippen molar-refractivity contribution in [3.05, 3.63) is 54.2 Å². The Hall–Kier alpha value is -3.13.